The molecule has 0 aromatic heterocycles. The standard InChI is InChI=1S/C14H19ClN2O2/c1-9-7-10(2)12(11(3)8-9)17-14(19)13(18)16-6-4-5-15/h7-8H,4-6H2,1-3H3,(H,16,18)(H,17,19). The average molecular weight is 283 g/mol. The Labute approximate surface area is 118 Å². The first-order valence-electron chi connectivity index (χ1n) is 6.18. The SMILES string of the molecule is Cc1cc(C)c(NC(=O)C(=O)NCCCCl)c(C)c1. The molecular formula is C14H19ClN2O2. The topological polar surface area (TPSA) is 58.2 Å². The van der Waals surface area contributed by atoms with Crippen LogP contribution in [0.1, 0.15) is 23.1 Å². The Morgan fingerprint density at radius 1 is 1.11 bits per heavy atom. The molecule has 5 heteroatoms. The average Bonchev–Trinajstić information content (AvgIpc) is 2.33. The summed E-state index contributed by atoms with van der Waals surface area (Å²) in [5, 5.41) is 5.17. The summed E-state index contributed by atoms with van der Waals surface area (Å²) in [5.74, 6) is -0.827. The lowest BCUT2D eigenvalue weighted by Crippen LogP contribution is -2.36. The van der Waals surface area contributed by atoms with E-state index in [4.69, 9.17) is 11.6 Å². The quantitative estimate of drug-likeness (QED) is 0.506. The zero-order valence-electron chi connectivity index (χ0n) is 11.5. The lowest BCUT2D eigenvalue weighted by atomic mass is 10.1. The van der Waals surface area contributed by atoms with Crippen molar-refractivity contribution in [3.63, 3.8) is 0 Å². The van der Waals surface area contributed by atoms with E-state index in [0.29, 0.717) is 24.5 Å². The van der Waals surface area contributed by atoms with Crippen molar-refractivity contribution in [1.82, 2.24) is 5.32 Å². The molecule has 1 aromatic rings. The number of alkyl halides is 1. The Balaban J connectivity index is 2.69. The fourth-order valence-corrected chi connectivity index (χ4v) is 2.03. The van der Waals surface area contributed by atoms with E-state index in [-0.39, 0.29) is 0 Å². The van der Waals surface area contributed by atoms with Gasteiger partial charge in [0.15, 0.2) is 0 Å². The third kappa shape index (κ3) is 4.56. The van der Waals surface area contributed by atoms with Crippen LogP contribution in [0.2, 0.25) is 0 Å². The fourth-order valence-electron chi connectivity index (χ4n) is 1.90. The Hall–Kier alpha value is -1.55. The second kappa shape index (κ2) is 7.14. The minimum Gasteiger partial charge on any atom is -0.348 e. The summed E-state index contributed by atoms with van der Waals surface area (Å²) in [7, 11) is 0. The molecule has 2 amide bonds. The molecule has 0 atom stereocenters. The maximum absolute atomic E-state index is 11.7. The van der Waals surface area contributed by atoms with Gasteiger partial charge in [-0.1, -0.05) is 17.7 Å². The first-order chi connectivity index (χ1) is 8.95. The van der Waals surface area contributed by atoms with Crippen LogP contribution in [-0.4, -0.2) is 24.2 Å². The van der Waals surface area contributed by atoms with Crippen molar-refractivity contribution in [2.24, 2.45) is 0 Å². The highest BCUT2D eigenvalue weighted by Crippen LogP contribution is 2.21. The van der Waals surface area contributed by atoms with Gasteiger partial charge >= 0.3 is 11.8 Å². The highest BCUT2D eigenvalue weighted by Gasteiger charge is 2.15. The second-order valence-corrected chi connectivity index (χ2v) is 4.90. The Morgan fingerprint density at radius 2 is 1.68 bits per heavy atom. The minimum absolute atomic E-state index is 0.404. The lowest BCUT2D eigenvalue weighted by Gasteiger charge is -2.12. The summed E-state index contributed by atoms with van der Waals surface area (Å²) >= 11 is 5.50. The number of nitrogens with one attached hydrogen (secondary N) is 2. The van der Waals surface area contributed by atoms with E-state index >= 15 is 0 Å². The summed E-state index contributed by atoms with van der Waals surface area (Å²) in [6, 6.07) is 3.93. The molecular weight excluding hydrogens is 264 g/mol. The van der Waals surface area contributed by atoms with Crippen molar-refractivity contribution in [3.05, 3.63) is 28.8 Å². The van der Waals surface area contributed by atoms with Crippen LogP contribution in [0.15, 0.2) is 12.1 Å². The number of aryl methyl sites for hydroxylation is 3. The Kier molecular flexibility index (Phi) is 5.83. The zero-order valence-corrected chi connectivity index (χ0v) is 12.2. The van der Waals surface area contributed by atoms with Gasteiger partial charge in [-0.15, -0.1) is 11.6 Å². The third-order valence-electron chi connectivity index (χ3n) is 2.72. The number of hydrogen-bond donors (Lipinski definition) is 2. The van der Waals surface area contributed by atoms with Gasteiger partial charge in [0.1, 0.15) is 0 Å². The van der Waals surface area contributed by atoms with E-state index in [9.17, 15) is 9.59 Å². The van der Waals surface area contributed by atoms with Gasteiger partial charge in [-0.2, -0.15) is 0 Å². The van der Waals surface area contributed by atoms with Gasteiger partial charge in [-0.05, 0) is 38.3 Å². The molecule has 0 unspecified atom stereocenters. The van der Waals surface area contributed by atoms with Crippen molar-refractivity contribution in [1.29, 1.82) is 0 Å². The molecule has 1 aromatic carbocycles. The molecule has 0 aliphatic rings. The fraction of sp³-hybridized carbons (Fsp3) is 0.429. The molecule has 19 heavy (non-hydrogen) atoms. The highest BCUT2D eigenvalue weighted by molar-refractivity contribution is 6.39. The van der Waals surface area contributed by atoms with E-state index in [1.54, 1.807) is 0 Å². The zero-order chi connectivity index (χ0) is 14.4. The molecule has 104 valence electrons. The summed E-state index contributed by atoms with van der Waals surface area (Å²) in [4.78, 5) is 23.3. The van der Waals surface area contributed by atoms with Crippen LogP contribution in [0.4, 0.5) is 5.69 Å². The molecule has 0 aliphatic heterocycles. The lowest BCUT2D eigenvalue weighted by molar-refractivity contribution is -0.136. The number of amides is 2. The van der Waals surface area contributed by atoms with Gasteiger partial charge in [0.25, 0.3) is 0 Å². The van der Waals surface area contributed by atoms with Crippen molar-refractivity contribution < 1.29 is 9.59 Å². The summed E-state index contributed by atoms with van der Waals surface area (Å²) < 4.78 is 0. The number of hydrogen-bond acceptors (Lipinski definition) is 2. The maximum atomic E-state index is 11.7. The number of carbonyl (C=O) groups is 2. The van der Waals surface area contributed by atoms with Crippen molar-refractivity contribution in [2.75, 3.05) is 17.7 Å². The predicted octanol–water partition coefficient (Wildman–Crippen LogP) is 2.30. The van der Waals surface area contributed by atoms with E-state index < -0.39 is 11.8 Å². The number of anilines is 1. The smallest absolute Gasteiger partial charge is 0.313 e. The molecule has 0 saturated heterocycles. The van der Waals surface area contributed by atoms with Crippen LogP contribution in [0.5, 0.6) is 0 Å². The molecule has 0 radical (unpaired) electrons. The van der Waals surface area contributed by atoms with E-state index in [1.165, 1.54) is 0 Å². The molecule has 0 heterocycles. The molecule has 4 nitrogen and oxygen atoms in total. The van der Waals surface area contributed by atoms with E-state index in [1.807, 2.05) is 32.9 Å². The van der Waals surface area contributed by atoms with Gasteiger partial charge in [-0.3, -0.25) is 9.59 Å². The third-order valence-corrected chi connectivity index (χ3v) is 2.99. The van der Waals surface area contributed by atoms with Crippen LogP contribution >= 0.6 is 11.6 Å². The maximum Gasteiger partial charge on any atom is 0.313 e. The van der Waals surface area contributed by atoms with Crippen LogP contribution in [0, 0.1) is 20.8 Å². The van der Waals surface area contributed by atoms with Crippen LogP contribution < -0.4 is 10.6 Å². The number of rotatable bonds is 4. The summed E-state index contributed by atoms with van der Waals surface area (Å²) in [5.41, 5.74) is 3.71. The highest BCUT2D eigenvalue weighted by atomic mass is 35.5. The van der Waals surface area contributed by atoms with Crippen LogP contribution in [0.25, 0.3) is 0 Å². The number of carbonyl (C=O) groups excluding carboxylic acids is 2. The normalized spacial score (nSPS) is 10.1. The molecule has 0 aliphatic carbocycles. The monoisotopic (exact) mass is 282 g/mol. The Morgan fingerprint density at radius 3 is 2.21 bits per heavy atom. The van der Waals surface area contributed by atoms with Crippen molar-refractivity contribution >= 4 is 29.1 Å². The van der Waals surface area contributed by atoms with Crippen LogP contribution in [0.3, 0.4) is 0 Å². The largest absolute Gasteiger partial charge is 0.348 e. The van der Waals surface area contributed by atoms with Crippen molar-refractivity contribution in [3.8, 4) is 0 Å². The van der Waals surface area contributed by atoms with Crippen molar-refractivity contribution in [2.45, 2.75) is 27.2 Å². The first-order valence-corrected chi connectivity index (χ1v) is 6.72. The second-order valence-electron chi connectivity index (χ2n) is 4.53. The molecule has 1 rings (SSSR count). The van der Waals surface area contributed by atoms with E-state index in [0.717, 1.165) is 16.7 Å². The summed E-state index contributed by atoms with van der Waals surface area (Å²) in [6.07, 6.45) is 0.642. The van der Waals surface area contributed by atoms with Crippen LogP contribution in [-0.2, 0) is 9.59 Å². The summed E-state index contributed by atoms with van der Waals surface area (Å²) in [6.45, 7) is 6.20. The van der Waals surface area contributed by atoms with Gasteiger partial charge in [0, 0.05) is 18.1 Å². The first kappa shape index (κ1) is 15.5. The molecule has 0 fully saturated rings. The van der Waals surface area contributed by atoms with Gasteiger partial charge in [0.05, 0.1) is 0 Å². The number of halogens is 1. The van der Waals surface area contributed by atoms with Gasteiger partial charge in [-0.25, -0.2) is 0 Å². The molecule has 0 saturated carbocycles. The van der Waals surface area contributed by atoms with Gasteiger partial charge in [0.2, 0.25) is 0 Å². The Bertz CT molecular complexity index is 463. The van der Waals surface area contributed by atoms with E-state index in [2.05, 4.69) is 10.6 Å². The molecule has 0 bridgehead atoms. The van der Waals surface area contributed by atoms with Gasteiger partial charge < -0.3 is 10.6 Å². The predicted molar refractivity (Wildman–Crippen MR) is 77.6 cm³/mol. The molecule has 2 N–H and O–H groups in total. The molecule has 0 spiro atoms. The number of benzene rings is 1. The minimum atomic E-state index is -0.648.